The zero-order chi connectivity index (χ0) is 13.1. The Morgan fingerprint density at radius 2 is 1.80 bits per heavy atom. The second-order valence-electron chi connectivity index (χ2n) is 5.39. The first-order valence-corrected chi connectivity index (χ1v) is 7.60. The van der Waals surface area contributed by atoms with Crippen LogP contribution in [0, 0.1) is 0 Å². The lowest BCUT2D eigenvalue weighted by Crippen LogP contribution is -2.36. The molecule has 0 spiro atoms. The molecular weight excluding hydrogens is 314 g/mol. The highest BCUT2D eigenvalue weighted by Gasteiger charge is 2.34. The predicted octanol–water partition coefficient (Wildman–Crippen LogP) is 4.23. The molecule has 3 rings (SSSR count). The first-order valence-electron chi connectivity index (χ1n) is 7.60. The first-order chi connectivity index (χ1) is 9.42. The number of para-hydroxylation sites is 2. The van der Waals surface area contributed by atoms with Gasteiger partial charge in [0.2, 0.25) is 5.96 Å². The molecule has 110 valence electrons. The lowest BCUT2D eigenvalue weighted by atomic mass is 10.1. The number of fused-ring (bicyclic) bond motifs is 3. The smallest absolute Gasteiger partial charge is 0.205 e. The van der Waals surface area contributed by atoms with Crippen LogP contribution in [-0.2, 0) is 0 Å². The third-order valence-electron chi connectivity index (χ3n) is 4.01. The molecule has 0 radical (unpaired) electrons. The molecule has 1 aromatic rings. The van der Waals surface area contributed by atoms with Crippen LogP contribution in [0.5, 0.6) is 0 Å². The van der Waals surface area contributed by atoms with E-state index in [1.54, 1.807) is 0 Å². The Bertz CT molecular complexity index is 473. The number of benzene rings is 1. The van der Waals surface area contributed by atoms with Crippen molar-refractivity contribution < 1.29 is 0 Å². The number of halogens is 1. The largest absolute Gasteiger partial charge is 0.310 e. The third-order valence-corrected chi connectivity index (χ3v) is 4.01. The van der Waals surface area contributed by atoms with Crippen molar-refractivity contribution >= 4 is 34.3 Å². The number of anilines is 2. The molecule has 0 saturated heterocycles. The van der Waals surface area contributed by atoms with Crippen molar-refractivity contribution in [1.29, 1.82) is 0 Å². The summed E-state index contributed by atoms with van der Waals surface area (Å²) in [4.78, 5) is 9.45. The number of guanidine groups is 1. The van der Waals surface area contributed by atoms with Crippen LogP contribution in [0.25, 0.3) is 0 Å². The highest BCUT2D eigenvalue weighted by molar-refractivity contribution is 8.93. The highest BCUT2D eigenvalue weighted by Crippen LogP contribution is 2.38. The minimum atomic E-state index is 0. The van der Waals surface area contributed by atoms with E-state index in [-0.39, 0.29) is 17.0 Å². The van der Waals surface area contributed by atoms with Gasteiger partial charge < -0.3 is 9.80 Å². The Morgan fingerprint density at radius 3 is 2.60 bits per heavy atom. The van der Waals surface area contributed by atoms with Crippen LogP contribution in [0.4, 0.5) is 11.4 Å². The summed E-state index contributed by atoms with van der Waals surface area (Å²) in [6.07, 6.45) is 6.64. The maximum atomic E-state index is 4.68. The molecule has 0 amide bonds. The van der Waals surface area contributed by atoms with Gasteiger partial charge >= 0.3 is 0 Å². The molecule has 20 heavy (non-hydrogen) atoms. The van der Waals surface area contributed by atoms with E-state index in [0.29, 0.717) is 0 Å². The summed E-state index contributed by atoms with van der Waals surface area (Å²) in [6.45, 7) is 5.35. The molecule has 0 unspecified atom stereocenters. The van der Waals surface area contributed by atoms with Crippen molar-refractivity contribution in [3.05, 3.63) is 24.3 Å². The quantitative estimate of drug-likeness (QED) is 0.723. The Hall–Kier alpha value is -1.03. The second kappa shape index (κ2) is 7.11. The van der Waals surface area contributed by atoms with E-state index >= 15 is 0 Å². The molecule has 3 nitrogen and oxygen atoms in total. The van der Waals surface area contributed by atoms with E-state index < -0.39 is 0 Å². The first kappa shape index (κ1) is 15.4. The number of aliphatic imine (C=N–C) groups is 1. The molecule has 0 aromatic heterocycles. The van der Waals surface area contributed by atoms with Crippen LogP contribution in [0.2, 0.25) is 0 Å². The van der Waals surface area contributed by atoms with Gasteiger partial charge in [-0.25, -0.2) is 0 Å². The highest BCUT2D eigenvalue weighted by atomic mass is 79.9. The van der Waals surface area contributed by atoms with Gasteiger partial charge in [0.25, 0.3) is 0 Å². The number of nitrogens with zero attached hydrogens (tertiary/aromatic N) is 3. The van der Waals surface area contributed by atoms with Crippen LogP contribution in [0.3, 0.4) is 0 Å². The molecule has 1 aromatic carbocycles. The van der Waals surface area contributed by atoms with Crippen molar-refractivity contribution in [2.24, 2.45) is 4.99 Å². The van der Waals surface area contributed by atoms with Gasteiger partial charge in [-0.3, -0.25) is 4.99 Å². The lowest BCUT2D eigenvalue weighted by Gasteiger charge is -2.19. The fraction of sp³-hybridized carbons (Fsp3) is 0.562. The van der Waals surface area contributed by atoms with Gasteiger partial charge in [-0.1, -0.05) is 44.7 Å². The Kier molecular flexibility index (Phi) is 5.46. The summed E-state index contributed by atoms with van der Waals surface area (Å²) in [6, 6.07) is 8.70. The second-order valence-corrected chi connectivity index (χ2v) is 5.39. The maximum Gasteiger partial charge on any atom is 0.205 e. The number of hydrogen-bond acceptors (Lipinski definition) is 3. The van der Waals surface area contributed by atoms with Crippen LogP contribution < -0.4 is 9.80 Å². The number of hydrogen-bond donors (Lipinski definition) is 0. The monoisotopic (exact) mass is 337 g/mol. The van der Waals surface area contributed by atoms with Crippen molar-refractivity contribution in [3.63, 3.8) is 0 Å². The average molecular weight is 338 g/mol. The van der Waals surface area contributed by atoms with Gasteiger partial charge in [0.1, 0.15) is 0 Å². The molecule has 2 heterocycles. The Balaban J connectivity index is 0.00000147. The van der Waals surface area contributed by atoms with Gasteiger partial charge in [0, 0.05) is 13.1 Å². The topological polar surface area (TPSA) is 18.8 Å². The molecular formula is C16H24BrN3. The van der Waals surface area contributed by atoms with Crippen LogP contribution >= 0.6 is 17.0 Å². The van der Waals surface area contributed by atoms with E-state index in [1.165, 1.54) is 49.4 Å². The van der Waals surface area contributed by atoms with Crippen molar-refractivity contribution in [1.82, 2.24) is 0 Å². The van der Waals surface area contributed by atoms with E-state index in [4.69, 9.17) is 0 Å². The van der Waals surface area contributed by atoms with Gasteiger partial charge in [-0.15, -0.1) is 17.0 Å². The minimum absolute atomic E-state index is 0. The third kappa shape index (κ3) is 2.85. The molecule has 4 heteroatoms. The van der Waals surface area contributed by atoms with Crippen LogP contribution in [0.1, 0.15) is 39.0 Å². The van der Waals surface area contributed by atoms with Crippen molar-refractivity contribution in [3.8, 4) is 0 Å². The van der Waals surface area contributed by atoms with Crippen molar-refractivity contribution in [2.45, 2.75) is 39.0 Å². The van der Waals surface area contributed by atoms with E-state index in [9.17, 15) is 0 Å². The van der Waals surface area contributed by atoms with E-state index in [1.807, 2.05) is 0 Å². The summed E-state index contributed by atoms with van der Waals surface area (Å²) in [5.41, 5.74) is 2.68. The van der Waals surface area contributed by atoms with Gasteiger partial charge in [0.05, 0.1) is 17.9 Å². The zero-order valence-corrected chi connectivity index (χ0v) is 13.9. The Morgan fingerprint density at radius 1 is 1.05 bits per heavy atom. The van der Waals surface area contributed by atoms with Gasteiger partial charge in [-0.2, -0.15) is 0 Å². The van der Waals surface area contributed by atoms with Gasteiger partial charge in [-0.05, 0) is 18.6 Å². The fourth-order valence-electron chi connectivity index (χ4n) is 3.02. The minimum Gasteiger partial charge on any atom is -0.310 e. The molecule has 2 aliphatic heterocycles. The number of rotatable bonds is 6. The lowest BCUT2D eigenvalue weighted by molar-refractivity contribution is 0.637. The standard InChI is InChI=1S/C16H23N3.BrH/c1-2-3-4-5-8-12-18-14-9-6-7-10-15(14)19-13-11-17-16(18)19;/h6-7,9-10H,2-5,8,11-13H2,1H3;1H. The summed E-state index contributed by atoms with van der Waals surface area (Å²) < 4.78 is 0. The van der Waals surface area contributed by atoms with Gasteiger partial charge in [0.15, 0.2) is 0 Å². The summed E-state index contributed by atoms with van der Waals surface area (Å²) in [7, 11) is 0. The molecule has 0 fully saturated rings. The molecule has 0 aliphatic carbocycles. The molecule has 0 atom stereocenters. The van der Waals surface area contributed by atoms with E-state index in [0.717, 1.165) is 19.6 Å². The van der Waals surface area contributed by atoms with Crippen molar-refractivity contribution in [2.75, 3.05) is 29.4 Å². The normalized spacial score (nSPS) is 15.8. The van der Waals surface area contributed by atoms with E-state index in [2.05, 4.69) is 46.0 Å². The summed E-state index contributed by atoms with van der Waals surface area (Å²) >= 11 is 0. The fourth-order valence-corrected chi connectivity index (χ4v) is 3.02. The predicted molar refractivity (Wildman–Crippen MR) is 92.5 cm³/mol. The molecule has 0 N–H and O–H groups in total. The SMILES string of the molecule is Br.CCCCCCCN1C2=NCCN2c2ccccc21. The molecule has 2 aliphatic rings. The zero-order valence-electron chi connectivity index (χ0n) is 12.2. The summed E-state index contributed by atoms with van der Waals surface area (Å²) in [5, 5.41) is 0. The van der Waals surface area contributed by atoms with Crippen LogP contribution in [0.15, 0.2) is 29.3 Å². The number of unbranched alkanes of at least 4 members (excludes halogenated alkanes) is 4. The maximum absolute atomic E-state index is 4.68. The average Bonchev–Trinajstić information content (AvgIpc) is 3.01. The molecule has 0 bridgehead atoms. The summed E-state index contributed by atoms with van der Waals surface area (Å²) in [5.74, 6) is 1.18. The van der Waals surface area contributed by atoms with Crippen LogP contribution in [-0.4, -0.2) is 25.6 Å². The Labute approximate surface area is 132 Å². The molecule has 0 saturated carbocycles.